The van der Waals surface area contributed by atoms with Crippen LogP contribution in [0.15, 0.2) is 53.4 Å². The van der Waals surface area contributed by atoms with Crippen molar-refractivity contribution in [2.45, 2.75) is 30.4 Å². The lowest BCUT2D eigenvalue weighted by molar-refractivity contribution is -0.128. The zero-order valence-electron chi connectivity index (χ0n) is 15.6. The summed E-state index contributed by atoms with van der Waals surface area (Å²) in [6, 6.07) is 11.5. The predicted octanol–water partition coefficient (Wildman–Crippen LogP) is 3.93. The lowest BCUT2D eigenvalue weighted by Gasteiger charge is -2.15. The maximum atomic E-state index is 12.3. The number of amides is 2. The second-order valence-corrected chi connectivity index (χ2v) is 6.82. The molecule has 0 bridgehead atoms. The van der Waals surface area contributed by atoms with Crippen molar-refractivity contribution in [3.63, 3.8) is 0 Å². The summed E-state index contributed by atoms with van der Waals surface area (Å²) in [4.78, 5) is 24.0. The van der Waals surface area contributed by atoms with Crippen molar-refractivity contribution < 1.29 is 32.2 Å². The zero-order valence-corrected chi connectivity index (χ0v) is 16.4. The molecule has 156 valence electrons. The molecule has 0 aliphatic rings. The van der Waals surface area contributed by atoms with E-state index in [1.165, 1.54) is 31.2 Å². The highest BCUT2D eigenvalue weighted by Crippen LogP contribution is 2.36. The monoisotopic (exact) mass is 428 g/mol. The molecule has 2 rings (SSSR count). The Labute approximate surface area is 169 Å². The molecule has 0 saturated carbocycles. The van der Waals surface area contributed by atoms with E-state index in [-0.39, 0.29) is 22.2 Å². The topological polar surface area (TPSA) is 76.7 Å². The molecule has 2 amide bonds. The number of hydrogen-bond acceptors (Lipinski definition) is 5. The van der Waals surface area contributed by atoms with Crippen molar-refractivity contribution >= 4 is 23.6 Å². The van der Waals surface area contributed by atoms with Gasteiger partial charge in [-0.1, -0.05) is 0 Å². The van der Waals surface area contributed by atoms with Gasteiger partial charge in [-0.15, -0.1) is 0 Å². The SMILES string of the molecule is CCOc1ccc(OC(C)C(=O)NNC(=O)c2ccc(SC(F)(F)F)cc2)cc1. The zero-order chi connectivity index (χ0) is 21.4. The molecule has 0 radical (unpaired) electrons. The molecule has 1 unspecified atom stereocenters. The minimum absolute atomic E-state index is 0.0459. The number of hydrogen-bond donors (Lipinski definition) is 2. The Morgan fingerprint density at radius 2 is 1.59 bits per heavy atom. The van der Waals surface area contributed by atoms with E-state index in [0.717, 1.165) is 0 Å². The highest BCUT2D eigenvalue weighted by atomic mass is 32.2. The Morgan fingerprint density at radius 3 is 2.14 bits per heavy atom. The van der Waals surface area contributed by atoms with Gasteiger partial charge in [0.05, 0.1) is 6.61 Å². The van der Waals surface area contributed by atoms with E-state index >= 15 is 0 Å². The van der Waals surface area contributed by atoms with Crippen molar-refractivity contribution in [1.29, 1.82) is 0 Å². The number of alkyl halides is 3. The minimum atomic E-state index is -4.41. The third kappa shape index (κ3) is 7.57. The molecule has 0 spiro atoms. The average molecular weight is 428 g/mol. The van der Waals surface area contributed by atoms with Gasteiger partial charge in [0.15, 0.2) is 6.10 Å². The van der Waals surface area contributed by atoms with Gasteiger partial charge in [0.25, 0.3) is 11.8 Å². The van der Waals surface area contributed by atoms with Crippen molar-refractivity contribution in [1.82, 2.24) is 10.9 Å². The third-order valence-corrected chi connectivity index (χ3v) is 4.21. The molecule has 10 heteroatoms. The number of benzene rings is 2. The van der Waals surface area contributed by atoms with Crippen molar-refractivity contribution in [3.8, 4) is 11.5 Å². The molecule has 2 aromatic rings. The van der Waals surface area contributed by atoms with Gasteiger partial charge in [0, 0.05) is 10.5 Å². The van der Waals surface area contributed by atoms with Gasteiger partial charge in [-0.2, -0.15) is 13.2 Å². The summed E-state index contributed by atoms with van der Waals surface area (Å²) in [5, 5.41) is 0. The van der Waals surface area contributed by atoms with Crippen molar-refractivity contribution in [2.24, 2.45) is 0 Å². The number of ether oxygens (including phenoxy) is 2. The minimum Gasteiger partial charge on any atom is -0.494 e. The second kappa shape index (κ2) is 10.1. The Kier molecular flexibility index (Phi) is 7.77. The van der Waals surface area contributed by atoms with E-state index in [4.69, 9.17) is 9.47 Å². The summed E-state index contributed by atoms with van der Waals surface area (Å²) in [6.45, 7) is 3.89. The van der Waals surface area contributed by atoms with E-state index < -0.39 is 23.4 Å². The maximum absolute atomic E-state index is 12.3. The van der Waals surface area contributed by atoms with E-state index in [1.54, 1.807) is 24.3 Å². The van der Waals surface area contributed by atoms with Crippen LogP contribution in [0.5, 0.6) is 11.5 Å². The van der Waals surface area contributed by atoms with E-state index in [9.17, 15) is 22.8 Å². The van der Waals surface area contributed by atoms with Crippen LogP contribution in [0.2, 0.25) is 0 Å². The van der Waals surface area contributed by atoms with Crippen LogP contribution in [0.1, 0.15) is 24.2 Å². The van der Waals surface area contributed by atoms with E-state index in [1.807, 2.05) is 6.92 Å². The van der Waals surface area contributed by atoms with Crippen LogP contribution in [0.3, 0.4) is 0 Å². The summed E-state index contributed by atoms with van der Waals surface area (Å²) in [7, 11) is 0. The quantitative estimate of drug-likeness (QED) is 0.516. The fourth-order valence-corrected chi connectivity index (χ4v) is 2.68. The molecule has 0 fully saturated rings. The number of carbonyl (C=O) groups is 2. The maximum Gasteiger partial charge on any atom is 0.446 e. The molecule has 0 heterocycles. The summed E-state index contributed by atoms with van der Waals surface area (Å²) < 4.78 is 47.7. The van der Waals surface area contributed by atoms with Crippen LogP contribution in [0, 0.1) is 0 Å². The number of thioether (sulfide) groups is 1. The number of carbonyl (C=O) groups excluding carboxylic acids is 2. The molecular formula is C19H19F3N2O4S. The first-order valence-electron chi connectivity index (χ1n) is 8.53. The smallest absolute Gasteiger partial charge is 0.446 e. The van der Waals surface area contributed by atoms with Gasteiger partial charge in [-0.05, 0) is 74.1 Å². The van der Waals surface area contributed by atoms with Crippen LogP contribution < -0.4 is 20.3 Å². The van der Waals surface area contributed by atoms with Gasteiger partial charge < -0.3 is 9.47 Å². The predicted molar refractivity (Wildman–Crippen MR) is 102 cm³/mol. The van der Waals surface area contributed by atoms with Gasteiger partial charge in [-0.25, -0.2) is 0 Å². The summed E-state index contributed by atoms with van der Waals surface area (Å²) >= 11 is -0.278. The van der Waals surface area contributed by atoms with Gasteiger partial charge in [-0.3, -0.25) is 20.4 Å². The summed E-state index contributed by atoms with van der Waals surface area (Å²) in [5.74, 6) is -0.157. The first kappa shape index (κ1) is 22.4. The van der Waals surface area contributed by atoms with Crippen LogP contribution in [-0.4, -0.2) is 30.0 Å². The lowest BCUT2D eigenvalue weighted by Crippen LogP contribution is -2.47. The third-order valence-electron chi connectivity index (χ3n) is 3.47. The highest BCUT2D eigenvalue weighted by Gasteiger charge is 2.29. The molecule has 0 aromatic heterocycles. The number of rotatable bonds is 7. The molecule has 0 aliphatic heterocycles. The second-order valence-electron chi connectivity index (χ2n) is 5.68. The number of nitrogens with one attached hydrogen (secondary N) is 2. The Balaban J connectivity index is 1.83. The Bertz CT molecular complexity index is 827. The van der Waals surface area contributed by atoms with Crippen molar-refractivity contribution in [3.05, 3.63) is 54.1 Å². The van der Waals surface area contributed by atoms with Crippen LogP contribution in [-0.2, 0) is 4.79 Å². The van der Waals surface area contributed by atoms with Crippen molar-refractivity contribution in [2.75, 3.05) is 6.61 Å². The Hall–Kier alpha value is -2.88. The summed E-state index contributed by atoms with van der Waals surface area (Å²) in [5.41, 5.74) is 0.0924. The molecule has 2 N–H and O–H groups in total. The number of hydrazine groups is 1. The highest BCUT2D eigenvalue weighted by molar-refractivity contribution is 8.00. The fourth-order valence-electron chi connectivity index (χ4n) is 2.14. The molecule has 29 heavy (non-hydrogen) atoms. The van der Waals surface area contributed by atoms with Gasteiger partial charge in [0.1, 0.15) is 11.5 Å². The molecule has 1 atom stereocenters. The van der Waals surface area contributed by atoms with Gasteiger partial charge in [0.2, 0.25) is 0 Å². The first-order valence-corrected chi connectivity index (χ1v) is 9.35. The van der Waals surface area contributed by atoms with E-state index in [0.29, 0.717) is 18.1 Å². The molecular weight excluding hydrogens is 409 g/mol. The lowest BCUT2D eigenvalue weighted by atomic mass is 10.2. The molecule has 2 aromatic carbocycles. The van der Waals surface area contributed by atoms with Gasteiger partial charge >= 0.3 is 5.51 Å². The van der Waals surface area contributed by atoms with E-state index in [2.05, 4.69) is 10.9 Å². The fraction of sp³-hybridized carbons (Fsp3) is 0.263. The van der Waals surface area contributed by atoms with Crippen LogP contribution >= 0.6 is 11.8 Å². The van der Waals surface area contributed by atoms with Crippen LogP contribution in [0.4, 0.5) is 13.2 Å². The van der Waals surface area contributed by atoms with Crippen LogP contribution in [0.25, 0.3) is 0 Å². The largest absolute Gasteiger partial charge is 0.494 e. The first-order chi connectivity index (χ1) is 13.7. The average Bonchev–Trinajstić information content (AvgIpc) is 2.67. The number of halogens is 3. The normalized spacial score (nSPS) is 12.0. The summed E-state index contributed by atoms with van der Waals surface area (Å²) in [6.07, 6.45) is -0.904. The molecule has 6 nitrogen and oxygen atoms in total. The Morgan fingerprint density at radius 1 is 1.00 bits per heavy atom. The molecule has 0 saturated heterocycles. The molecule has 0 aliphatic carbocycles. The standard InChI is InChI=1S/C19H19F3N2O4S/c1-3-27-14-6-8-15(9-7-14)28-12(2)17(25)23-24-18(26)13-4-10-16(11-5-13)29-19(20,21)22/h4-12H,3H2,1-2H3,(H,23,25)(H,24,26).